The van der Waals surface area contributed by atoms with Gasteiger partial charge in [-0.15, -0.1) is 11.3 Å². The Morgan fingerprint density at radius 3 is 2.64 bits per heavy atom. The van der Waals surface area contributed by atoms with Crippen molar-refractivity contribution in [2.24, 2.45) is 0 Å². The Bertz CT molecular complexity index is 311. The highest BCUT2D eigenvalue weighted by atomic mass is 32.1. The van der Waals surface area contributed by atoms with Crippen LogP contribution in [0.1, 0.15) is 40.4 Å². The van der Waals surface area contributed by atoms with Gasteiger partial charge in [0.2, 0.25) is 0 Å². The third kappa shape index (κ3) is 2.58. The maximum atomic E-state index is 11.7. The fourth-order valence-corrected chi connectivity index (χ4v) is 2.02. The molecule has 0 bridgehead atoms. The summed E-state index contributed by atoms with van der Waals surface area (Å²) < 4.78 is 0. The van der Waals surface area contributed by atoms with Crippen molar-refractivity contribution in [3.63, 3.8) is 0 Å². The van der Waals surface area contributed by atoms with E-state index >= 15 is 0 Å². The molecular weight excluding hydrogens is 194 g/mol. The molecule has 14 heavy (non-hydrogen) atoms. The number of hydrogen-bond donors (Lipinski definition) is 1. The SMILES string of the molecule is CCC(C)NC(=O)c1cc(C)c(C)s1. The highest BCUT2D eigenvalue weighted by Crippen LogP contribution is 2.20. The molecule has 78 valence electrons. The van der Waals surface area contributed by atoms with Gasteiger partial charge in [-0.3, -0.25) is 4.79 Å². The first-order chi connectivity index (χ1) is 6.54. The Labute approximate surface area is 89.3 Å². The third-order valence-electron chi connectivity index (χ3n) is 2.38. The Morgan fingerprint density at radius 2 is 2.21 bits per heavy atom. The van der Waals surface area contributed by atoms with Crippen LogP contribution in [0.2, 0.25) is 0 Å². The van der Waals surface area contributed by atoms with E-state index in [0.29, 0.717) is 0 Å². The third-order valence-corrected chi connectivity index (χ3v) is 3.53. The van der Waals surface area contributed by atoms with E-state index in [1.165, 1.54) is 10.4 Å². The van der Waals surface area contributed by atoms with E-state index in [4.69, 9.17) is 0 Å². The molecule has 1 aromatic heterocycles. The molecule has 1 heterocycles. The first-order valence-electron chi connectivity index (χ1n) is 4.92. The van der Waals surface area contributed by atoms with E-state index < -0.39 is 0 Å². The van der Waals surface area contributed by atoms with Crippen molar-refractivity contribution in [2.75, 3.05) is 0 Å². The number of hydrogen-bond acceptors (Lipinski definition) is 2. The van der Waals surface area contributed by atoms with Gasteiger partial charge >= 0.3 is 0 Å². The number of amides is 1. The summed E-state index contributed by atoms with van der Waals surface area (Å²) in [5.74, 6) is 0.0561. The molecule has 1 rings (SSSR count). The van der Waals surface area contributed by atoms with E-state index in [1.807, 2.05) is 26.8 Å². The maximum Gasteiger partial charge on any atom is 0.261 e. The molecular formula is C11H17NOS. The topological polar surface area (TPSA) is 29.1 Å². The molecule has 0 fully saturated rings. The van der Waals surface area contributed by atoms with Crippen molar-refractivity contribution in [3.05, 3.63) is 21.4 Å². The number of carbonyl (C=O) groups is 1. The van der Waals surface area contributed by atoms with Crippen molar-refractivity contribution < 1.29 is 4.79 Å². The van der Waals surface area contributed by atoms with Gasteiger partial charge in [0.1, 0.15) is 0 Å². The predicted molar refractivity (Wildman–Crippen MR) is 61.0 cm³/mol. The van der Waals surface area contributed by atoms with Crippen LogP contribution in [0.5, 0.6) is 0 Å². The van der Waals surface area contributed by atoms with Gasteiger partial charge in [-0.2, -0.15) is 0 Å². The summed E-state index contributed by atoms with van der Waals surface area (Å²) in [5.41, 5.74) is 1.20. The molecule has 1 aromatic rings. The lowest BCUT2D eigenvalue weighted by atomic mass is 10.2. The number of rotatable bonds is 3. The van der Waals surface area contributed by atoms with E-state index in [9.17, 15) is 4.79 Å². The zero-order valence-corrected chi connectivity index (χ0v) is 9.99. The summed E-state index contributed by atoms with van der Waals surface area (Å²) in [6.45, 7) is 8.16. The van der Waals surface area contributed by atoms with E-state index in [1.54, 1.807) is 11.3 Å². The number of nitrogens with one attached hydrogen (secondary N) is 1. The molecule has 0 radical (unpaired) electrons. The zero-order chi connectivity index (χ0) is 10.7. The number of aryl methyl sites for hydroxylation is 2. The molecule has 0 aromatic carbocycles. The highest BCUT2D eigenvalue weighted by Gasteiger charge is 2.11. The summed E-state index contributed by atoms with van der Waals surface area (Å²) >= 11 is 1.56. The molecule has 0 saturated heterocycles. The lowest BCUT2D eigenvalue weighted by molar-refractivity contribution is 0.0943. The van der Waals surface area contributed by atoms with Crippen molar-refractivity contribution in [1.29, 1.82) is 0 Å². The van der Waals surface area contributed by atoms with Crippen LogP contribution in [-0.2, 0) is 0 Å². The zero-order valence-electron chi connectivity index (χ0n) is 9.18. The Balaban J connectivity index is 2.70. The van der Waals surface area contributed by atoms with Gasteiger partial charge in [0, 0.05) is 10.9 Å². The van der Waals surface area contributed by atoms with Crippen LogP contribution in [0.3, 0.4) is 0 Å². The van der Waals surface area contributed by atoms with Crippen LogP contribution in [-0.4, -0.2) is 11.9 Å². The summed E-state index contributed by atoms with van der Waals surface area (Å²) in [6.07, 6.45) is 0.967. The Kier molecular flexibility index (Phi) is 3.69. The summed E-state index contributed by atoms with van der Waals surface area (Å²) in [7, 11) is 0. The van der Waals surface area contributed by atoms with Crippen LogP contribution < -0.4 is 5.32 Å². The molecule has 0 saturated carbocycles. The van der Waals surface area contributed by atoms with Crippen molar-refractivity contribution >= 4 is 17.2 Å². The van der Waals surface area contributed by atoms with Gasteiger partial charge in [-0.25, -0.2) is 0 Å². The molecule has 1 atom stereocenters. The average molecular weight is 211 g/mol. The second-order valence-corrected chi connectivity index (χ2v) is 4.89. The van der Waals surface area contributed by atoms with Gasteiger partial charge in [-0.05, 0) is 38.8 Å². The number of thiophene rings is 1. The van der Waals surface area contributed by atoms with E-state index in [0.717, 1.165) is 11.3 Å². The monoisotopic (exact) mass is 211 g/mol. The second kappa shape index (κ2) is 4.60. The molecule has 0 spiro atoms. The molecule has 0 aliphatic heterocycles. The smallest absolute Gasteiger partial charge is 0.261 e. The van der Waals surface area contributed by atoms with Gasteiger partial charge in [0.05, 0.1) is 4.88 Å². The Morgan fingerprint density at radius 1 is 1.57 bits per heavy atom. The molecule has 0 aliphatic carbocycles. The van der Waals surface area contributed by atoms with E-state index in [-0.39, 0.29) is 11.9 Å². The van der Waals surface area contributed by atoms with Crippen LogP contribution in [0, 0.1) is 13.8 Å². The minimum atomic E-state index is 0.0561. The largest absolute Gasteiger partial charge is 0.349 e. The van der Waals surface area contributed by atoms with Gasteiger partial charge in [0.15, 0.2) is 0 Å². The van der Waals surface area contributed by atoms with Crippen LogP contribution in [0.4, 0.5) is 0 Å². The standard InChI is InChI=1S/C11H17NOS/c1-5-8(3)12-11(13)10-6-7(2)9(4)14-10/h6,8H,5H2,1-4H3,(H,12,13). The average Bonchev–Trinajstić information content (AvgIpc) is 2.47. The summed E-state index contributed by atoms with van der Waals surface area (Å²) in [5, 5.41) is 2.96. The van der Waals surface area contributed by atoms with Crippen molar-refractivity contribution in [3.8, 4) is 0 Å². The fourth-order valence-electron chi connectivity index (χ4n) is 1.08. The Hall–Kier alpha value is -0.830. The quantitative estimate of drug-likeness (QED) is 0.818. The van der Waals surface area contributed by atoms with E-state index in [2.05, 4.69) is 12.2 Å². The van der Waals surface area contributed by atoms with Crippen LogP contribution in [0.25, 0.3) is 0 Å². The number of carbonyl (C=O) groups excluding carboxylic acids is 1. The minimum absolute atomic E-state index is 0.0561. The lowest BCUT2D eigenvalue weighted by Gasteiger charge is -2.09. The summed E-state index contributed by atoms with van der Waals surface area (Å²) in [4.78, 5) is 13.7. The van der Waals surface area contributed by atoms with Gasteiger partial charge in [0.25, 0.3) is 5.91 Å². The predicted octanol–water partition coefficient (Wildman–Crippen LogP) is 2.89. The minimum Gasteiger partial charge on any atom is -0.349 e. The normalized spacial score (nSPS) is 12.6. The molecule has 2 nitrogen and oxygen atoms in total. The molecule has 3 heteroatoms. The first kappa shape index (κ1) is 11.2. The second-order valence-electron chi connectivity index (χ2n) is 3.63. The highest BCUT2D eigenvalue weighted by molar-refractivity contribution is 7.14. The van der Waals surface area contributed by atoms with Gasteiger partial charge in [-0.1, -0.05) is 6.92 Å². The summed E-state index contributed by atoms with van der Waals surface area (Å²) in [6, 6.07) is 2.21. The van der Waals surface area contributed by atoms with Crippen LogP contribution in [0.15, 0.2) is 6.07 Å². The molecule has 1 amide bonds. The van der Waals surface area contributed by atoms with Crippen molar-refractivity contribution in [2.45, 2.75) is 40.2 Å². The molecule has 1 unspecified atom stereocenters. The van der Waals surface area contributed by atoms with Gasteiger partial charge < -0.3 is 5.32 Å². The fraction of sp³-hybridized carbons (Fsp3) is 0.545. The molecule has 1 N–H and O–H groups in total. The molecule has 0 aliphatic rings. The maximum absolute atomic E-state index is 11.7. The lowest BCUT2D eigenvalue weighted by Crippen LogP contribution is -2.31. The first-order valence-corrected chi connectivity index (χ1v) is 5.74. The van der Waals surface area contributed by atoms with Crippen LogP contribution >= 0.6 is 11.3 Å². The van der Waals surface area contributed by atoms with Crippen molar-refractivity contribution in [1.82, 2.24) is 5.32 Å².